The summed E-state index contributed by atoms with van der Waals surface area (Å²) in [6, 6.07) is 8.08. The molecule has 5 nitrogen and oxygen atoms in total. The second kappa shape index (κ2) is 11.5. The van der Waals surface area contributed by atoms with Gasteiger partial charge in [-0.15, -0.1) is 24.8 Å². The van der Waals surface area contributed by atoms with Gasteiger partial charge < -0.3 is 15.8 Å². The summed E-state index contributed by atoms with van der Waals surface area (Å²) in [4.78, 5) is 14.3. The van der Waals surface area contributed by atoms with E-state index in [4.69, 9.17) is 10.5 Å². The molecule has 1 aliphatic rings. The van der Waals surface area contributed by atoms with E-state index < -0.39 is 0 Å². The Morgan fingerprint density at radius 1 is 1.29 bits per heavy atom. The second-order valence-corrected chi connectivity index (χ2v) is 5.99. The number of para-hydroxylation sites is 1. The van der Waals surface area contributed by atoms with Crippen LogP contribution in [0.1, 0.15) is 37.8 Å². The molecule has 1 fully saturated rings. The van der Waals surface area contributed by atoms with Crippen molar-refractivity contribution in [3.05, 3.63) is 29.8 Å². The fourth-order valence-corrected chi connectivity index (χ4v) is 3.01. The summed E-state index contributed by atoms with van der Waals surface area (Å²) in [5.41, 5.74) is 6.82. The van der Waals surface area contributed by atoms with Crippen LogP contribution in [-0.4, -0.2) is 43.6 Å². The third-order valence-electron chi connectivity index (χ3n) is 4.08. The van der Waals surface area contributed by atoms with Crippen molar-refractivity contribution < 1.29 is 9.53 Å². The predicted octanol–water partition coefficient (Wildman–Crippen LogP) is 2.53. The zero-order valence-corrected chi connectivity index (χ0v) is 16.0. The first-order valence-corrected chi connectivity index (χ1v) is 8.01. The van der Waals surface area contributed by atoms with Crippen LogP contribution in [0.15, 0.2) is 24.3 Å². The molecule has 1 saturated heterocycles. The van der Waals surface area contributed by atoms with E-state index in [1.54, 1.807) is 7.11 Å². The van der Waals surface area contributed by atoms with Crippen LogP contribution in [0.25, 0.3) is 0 Å². The Balaban J connectivity index is 0.00000264. The fraction of sp³-hybridized carbons (Fsp3) is 0.588. The third-order valence-corrected chi connectivity index (χ3v) is 4.08. The molecule has 2 atom stereocenters. The second-order valence-electron chi connectivity index (χ2n) is 5.99. The van der Waals surface area contributed by atoms with Crippen LogP contribution >= 0.6 is 24.8 Å². The van der Waals surface area contributed by atoms with Crippen molar-refractivity contribution in [1.29, 1.82) is 0 Å². The summed E-state index contributed by atoms with van der Waals surface area (Å²) in [6.45, 7) is 4.56. The van der Waals surface area contributed by atoms with Crippen molar-refractivity contribution in [2.45, 2.75) is 38.3 Å². The molecule has 0 bridgehead atoms. The lowest BCUT2D eigenvalue weighted by Gasteiger charge is -2.29. The van der Waals surface area contributed by atoms with Crippen molar-refractivity contribution in [2.75, 3.05) is 26.7 Å². The monoisotopic (exact) mass is 377 g/mol. The molecule has 1 amide bonds. The van der Waals surface area contributed by atoms with Crippen molar-refractivity contribution in [3.8, 4) is 5.75 Å². The van der Waals surface area contributed by atoms with Crippen LogP contribution in [0.5, 0.6) is 5.75 Å². The largest absolute Gasteiger partial charge is 0.496 e. The zero-order valence-electron chi connectivity index (χ0n) is 14.4. The Morgan fingerprint density at radius 2 is 1.92 bits per heavy atom. The first-order valence-electron chi connectivity index (χ1n) is 8.01. The first kappa shape index (κ1) is 23.0. The summed E-state index contributed by atoms with van der Waals surface area (Å²) in [6.07, 6.45) is 2.78. The van der Waals surface area contributed by atoms with Crippen molar-refractivity contribution >= 4 is 30.7 Å². The number of carbonyl (C=O) groups excluding carboxylic acids is 1. The van der Waals surface area contributed by atoms with Crippen LogP contribution in [0.3, 0.4) is 0 Å². The zero-order chi connectivity index (χ0) is 15.9. The number of rotatable bonds is 7. The number of nitrogens with one attached hydrogen (secondary N) is 1. The van der Waals surface area contributed by atoms with Crippen LogP contribution < -0.4 is 15.8 Å². The molecule has 138 valence electrons. The summed E-state index contributed by atoms with van der Waals surface area (Å²) < 4.78 is 5.50. The van der Waals surface area contributed by atoms with E-state index in [0.717, 1.165) is 24.4 Å². The number of hydrogen-bond donors (Lipinski definition) is 2. The normalized spacial score (nSPS) is 16.5. The minimum Gasteiger partial charge on any atom is -0.496 e. The average Bonchev–Trinajstić information content (AvgIpc) is 3.01. The highest BCUT2D eigenvalue weighted by Crippen LogP contribution is 2.31. The number of likely N-dealkylation sites (tertiary alicyclic amines) is 1. The SMILES string of the molecule is COc1ccccc1C(CNC(=O)CC(C)N)N1CCCC1.Cl.Cl. The van der Waals surface area contributed by atoms with Crippen molar-refractivity contribution in [3.63, 3.8) is 0 Å². The van der Waals surface area contributed by atoms with Gasteiger partial charge >= 0.3 is 0 Å². The molecule has 0 aromatic heterocycles. The molecule has 1 aliphatic heterocycles. The molecule has 1 aromatic rings. The number of nitrogens with zero attached hydrogens (tertiary/aromatic N) is 1. The Hall–Kier alpha value is -1.01. The van der Waals surface area contributed by atoms with E-state index in [2.05, 4.69) is 16.3 Å². The molecule has 0 aliphatic carbocycles. The van der Waals surface area contributed by atoms with Gasteiger partial charge in [0, 0.05) is 24.6 Å². The van der Waals surface area contributed by atoms with Crippen LogP contribution in [0.4, 0.5) is 0 Å². The molecule has 0 saturated carbocycles. The molecule has 2 rings (SSSR count). The lowest BCUT2D eigenvalue weighted by molar-refractivity contribution is -0.121. The van der Waals surface area contributed by atoms with E-state index in [9.17, 15) is 4.79 Å². The van der Waals surface area contributed by atoms with Crippen LogP contribution in [0.2, 0.25) is 0 Å². The maximum Gasteiger partial charge on any atom is 0.221 e. The highest BCUT2D eigenvalue weighted by Gasteiger charge is 2.26. The van der Waals surface area contributed by atoms with Gasteiger partial charge in [-0.05, 0) is 38.9 Å². The molecule has 1 heterocycles. The topological polar surface area (TPSA) is 67.6 Å². The Bertz CT molecular complexity index is 494. The van der Waals surface area contributed by atoms with Gasteiger partial charge in [0.25, 0.3) is 0 Å². The minimum atomic E-state index is -0.114. The van der Waals surface area contributed by atoms with Crippen molar-refractivity contribution in [1.82, 2.24) is 10.2 Å². The van der Waals surface area contributed by atoms with E-state index in [-0.39, 0.29) is 42.8 Å². The molecule has 7 heteroatoms. The lowest BCUT2D eigenvalue weighted by atomic mass is 10.0. The van der Waals surface area contributed by atoms with E-state index in [1.807, 2.05) is 25.1 Å². The van der Waals surface area contributed by atoms with Crippen molar-refractivity contribution in [2.24, 2.45) is 5.73 Å². The van der Waals surface area contributed by atoms with E-state index in [1.165, 1.54) is 12.8 Å². The number of amides is 1. The highest BCUT2D eigenvalue weighted by molar-refractivity contribution is 5.85. The van der Waals surface area contributed by atoms with Gasteiger partial charge in [0.05, 0.1) is 13.2 Å². The fourth-order valence-electron chi connectivity index (χ4n) is 3.01. The molecular formula is C17H29Cl2N3O2. The highest BCUT2D eigenvalue weighted by atomic mass is 35.5. The maximum absolute atomic E-state index is 11.9. The Morgan fingerprint density at radius 3 is 2.50 bits per heavy atom. The summed E-state index contributed by atoms with van der Waals surface area (Å²) >= 11 is 0. The Labute approximate surface area is 157 Å². The smallest absolute Gasteiger partial charge is 0.221 e. The molecule has 2 unspecified atom stereocenters. The van der Waals surface area contributed by atoms with Crippen LogP contribution in [0, 0.1) is 0 Å². The predicted molar refractivity (Wildman–Crippen MR) is 102 cm³/mol. The lowest BCUT2D eigenvalue weighted by Crippen LogP contribution is -2.38. The minimum absolute atomic E-state index is 0. The molecule has 3 N–H and O–H groups in total. The molecule has 1 aromatic carbocycles. The summed E-state index contributed by atoms with van der Waals surface area (Å²) in [7, 11) is 1.69. The average molecular weight is 378 g/mol. The van der Waals surface area contributed by atoms with E-state index in [0.29, 0.717) is 13.0 Å². The first-order chi connectivity index (χ1) is 10.6. The number of nitrogens with two attached hydrogens (primary N) is 1. The third kappa shape index (κ3) is 6.48. The van der Waals surface area contributed by atoms with Crippen LogP contribution in [-0.2, 0) is 4.79 Å². The Kier molecular flexibility index (Phi) is 11.0. The number of carbonyl (C=O) groups is 1. The van der Waals surface area contributed by atoms with Gasteiger partial charge in [-0.1, -0.05) is 18.2 Å². The van der Waals surface area contributed by atoms with Gasteiger partial charge in [-0.3, -0.25) is 9.69 Å². The number of halogens is 2. The standard InChI is InChI=1S/C17H27N3O2.2ClH/c1-13(18)11-17(21)19-12-15(20-9-5-6-10-20)14-7-3-4-8-16(14)22-2;;/h3-4,7-8,13,15H,5-6,9-12,18H2,1-2H3,(H,19,21);2*1H. The molecule has 0 radical (unpaired) electrons. The number of hydrogen-bond acceptors (Lipinski definition) is 4. The van der Waals surface area contributed by atoms with E-state index >= 15 is 0 Å². The quantitative estimate of drug-likeness (QED) is 0.765. The number of ether oxygens (including phenoxy) is 1. The number of methoxy groups -OCH3 is 1. The summed E-state index contributed by atoms with van der Waals surface area (Å²) in [5, 5.41) is 3.02. The molecular weight excluding hydrogens is 349 g/mol. The van der Waals surface area contributed by atoms with Gasteiger partial charge in [0.1, 0.15) is 5.75 Å². The van der Waals surface area contributed by atoms with Gasteiger partial charge in [0.2, 0.25) is 5.91 Å². The molecule has 0 spiro atoms. The maximum atomic E-state index is 11.9. The number of benzene rings is 1. The molecule has 24 heavy (non-hydrogen) atoms. The van der Waals surface area contributed by atoms with Gasteiger partial charge in [-0.2, -0.15) is 0 Å². The van der Waals surface area contributed by atoms with Gasteiger partial charge in [-0.25, -0.2) is 0 Å². The van der Waals surface area contributed by atoms with Gasteiger partial charge in [0.15, 0.2) is 0 Å². The summed E-state index contributed by atoms with van der Waals surface area (Å²) in [5.74, 6) is 0.884.